The van der Waals surface area contributed by atoms with Crippen molar-refractivity contribution in [1.82, 2.24) is 0 Å². The van der Waals surface area contributed by atoms with Gasteiger partial charge in [-0.2, -0.15) is 13.2 Å². The Morgan fingerprint density at radius 2 is 1.44 bits per heavy atom. The van der Waals surface area contributed by atoms with Crippen molar-refractivity contribution in [3.8, 4) is 0 Å². The zero-order chi connectivity index (χ0) is 20.0. The summed E-state index contributed by atoms with van der Waals surface area (Å²) in [5.74, 6) is -2.63. The van der Waals surface area contributed by atoms with Crippen molar-refractivity contribution >= 4 is 29.2 Å². The van der Waals surface area contributed by atoms with Crippen LogP contribution in [-0.2, 0) is 15.8 Å². The van der Waals surface area contributed by atoms with Gasteiger partial charge in [-0.05, 0) is 24.3 Å². The predicted octanol–water partition coefficient (Wildman–Crippen LogP) is 3.76. The summed E-state index contributed by atoms with van der Waals surface area (Å²) < 4.78 is 39.1. The number of amides is 2. The molecule has 2 amide bonds. The summed E-state index contributed by atoms with van der Waals surface area (Å²) in [6.07, 6.45) is -5.34. The fraction of sp³-hybridized carbons (Fsp3) is 0.167. The Labute approximate surface area is 152 Å². The minimum atomic E-state index is -4.64. The third-order valence-corrected chi connectivity index (χ3v) is 3.49. The minimum Gasteiger partial charge on any atom is -0.481 e. The van der Waals surface area contributed by atoms with Gasteiger partial charge in [-0.3, -0.25) is 14.4 Å². The second kappa shape index (κ2) is 8.35. The van der Waals surface area contributed by atoms with E-state index in [0.717, 1.165) is 12.1 Å². The van der Waals surface area contributed by atoms with Crippen molar-refractivity contribution in [3.63, 3.8) is 0 Å². The molecule has 0 bridgehead atoms. The molecule has 0 aliphatic carbocycles. The Morgan fingerprint density at radius 1 is 0.852 bits per heavy atom. The van der Waals surface area contributed by atoms with E-state index in [0.29, 0.717) is 0 Å². The Balaban J connectivity index is 2.21. The first-order valence-electron chi connectivity index (χ1n) is 7.76. The lowest BCUT2D eigenvalue weighted by molar-refractivity contribution is -0.138. The number of aliphatic carboxylic acids is 1. The van der Waals surface area contributed by atoms with Gasteiger partial charge in [0.25, 0.3) is 5.91 Å². The first-order valence-corrected chi connectivity index (χ1v) is 7.76. The Bertz CT molecular complexity index is 866. The van der Waals surface area contributed by atoms with Crippen LogP contribution in [0.2, 0.25) is 0 Å². The molecule has 0 atom stereocenters. The highest BCUT2D eigenvalue weighted by Crippen LogP contribution is 2.34. The smallest absolute Gasteiger partial charge is 0.418 e. The average molecular weight is 380 g/mol. The van der Waals surface area contributed by atoms with Crippen LogP contribution in [0.1, 0.15) is 28.8 Å². The van der Waals surface area contributed by atoms with Crippen molar-refractivity contribution in [2.45, 2.75) is 19.0 Å². The summed E-state index contributed by atoms with van der Waals surface area (Å²) in [6.45, 7) is 0. The van der Waals surface area contributed by atoms with E-state index in [-0.39, 0.29) is 24.1 Å². The lowest BCUT2D eigenvalue weighted by atomic mass is 10.1. The molecule has 142 valence electrons. The first kappa shape index (κ1) is 20.0. The lowest BCUT2D eigenvalue weighted by Crippen LogP contribution is -2.20. The molecular formula is C18H15F3N2O4. The number of para-hydroxylation sites is 2. The van der Waals surface area contributed by atoms with E-state index in [4.69, 9.17) is 5.11 Å². The molecule has 0 saturated carbocycles. The molecule has 0 fully saturated rings. The zero-order valence-electron chi connectivity index (χ0n) is 13.8. The molecule has 0 aliphatic heterocycles. The van der Waals surface area contributed by atoms with E-state index < -0.39 is 35.2 Å². The zero-order valence-corrected chi connectivity index (χ0v) is 13.8. The van der Waals surface area contributed by atoms with Gasteiger partial charge < -0.3 is 15.7 Å². The van der Waals surface area contributed by atoms with Gasteiger partial charge in [0.05, 0.1) is 28.9 Å². The number of carbonyl (C=O) groups excluding carboxylic acids is 2. The van der Waals surface area contributed by atoms with Crippen LogP contribution in [-0.4, -0.2) is 22.9 Å². The van der Waals surface area contributed by atoms with Gasteiger partial charge in [0.2, 0.25) is 5.91 Å². The molecule has 0 aromatic heterocycles. The van der Waals surface area contributed by atoms with Gasteiger partial charge in [-0.25, -0.2) is 0 Å². The van der Waals surface area contributed by atoms with Crippen LogP contribution in [0.5, 0.6) is 0 Å². The van der Waals surface area contributed by atoms with E-state index in [2.05, 4.69) is 10.6 Å². The summed E-state index contributed by atoms with van der Waals surface area (Å²) in [7, 11) is 0. The largest absolute Gasteiger partial charge is 0.481 e. The SMILES string of the molecule is O=C(O)CCC(=O)Nc1ccccc1C(=O)Nc1ccccc1C(F)(F)F. The van der Waals surface area contributed by atoms with Gasteiger partial charge in [-0.15, -0.1) is 0 Å². The molecule has 0 saturated heterocycles. The molecule has 2 aromatic carbocycles. The number of carbonyl (C=O) groups is 3. The second-order valence-electron chi connectivity index (χ2n) is 5.48. The van der Waals surface area contributed by atoms with Gasteiger partial charge >= 0.3 is 12.1 Å². The van der Waals surface area contributed by atoms with Crippen molar-refractivity contribution in [2.24, 2.45) is 0 Å². The normalized spacial score (nSPS) is 10.9. The minimum absolute atomic E-state index is 0.0573. The van der Waals surface area contributed by atoms with Crippen molar-refractivity contribution < 1.29 is 32.7 Å². The van der Waals surface area contributed by atoms with Crippen LogP contribution in [0.15, 0.2) is 48.5 Å². The second-order valence-corrected chi connectivity index (χ2v) is 5.48. The molecule has 3 N–H and O–H groups in total. The highest BCUT2D eigenvalue weighted by molar-refractivity contribution is 6.10. The highest BCUT2D eigenvalue weighted by Gasteiger charge is 2.33. The van der Waals surface area contributed by atoms with Gasteiger partial charge in [0.15, 0.2) is 0 Å². The van der Waals surface area contributed by atoms with Crippen LogP contribution in [0, 0.1) is 0 Å². The van der Waals surface area contributed by atoms with Crippen LogP contribution in [0.4, 0.5) is 24.5 Å². The molecule has 2 aromatic rings. The van der Waals surface area contributed by atoms with Crippen molar-refractivity contribution in [2.75, 3.05) is 10.6 Å². The molecule has 27 heavy (non-hydrogen) atoms. The summed E-state index contributed by atoms with van der Waals surface area (Å²) in [5.41, 5.74) is -1.41. The molecule has 0 unspecified atom stereocenters. The maximum Gasteiger partial charge on any atom is 0.418 e. The molecule has 0 aliphatic rings. The van der Waals surface area contributed by atoms with E-state index in [1.807, 2.05) is 0 Å². The third-order valence-electron chi connectivity index (χ3n) is 3.49. The number of rotatable bonds is 6. The molecule has 6 nitrogen and oxygen atoms in total. The fourth-order valence-electron chi connectivity index (χ4n) is 2.25. The quantitative estimate of drug-likeness (QED) is 0.711. The van der Waals surface area contributed by atoms with Crippen LogP contribution >= 0.6 is 0 Å². The maximum absolute atomic E-state index is 13.0. The molecule has 0 heterocycles. The van der Waals surface area contributed by atoms with Crippen molar-refractivity contribution in [3.05, 3.63) is 59.7 Å². The molecule has 0 radical (unpaired) electrons. The summed E-state index contributed by atoms with van der Waals surface area (Å²) in [4.78, 5) is 34.7. The van der Waals surface area contributed by atoms with Gasteiger partial charge in [-0.1, -0.05) is 24.3 Å². The number of halogens is 3. The average Bonchev–Trinajstić information content (AvgIpc) is 2.60. The Morgan fingerprint density at radius 3 is 2.07 bits per heavy atom. The molecule has 0 spiro atoms. The number of benzene rings is 2. The molecular weight excluding hydrogens is 365 g/mol. The van der Waals surface area contributed by atoms with Crippen molar-refractivity contribution in [1.29, 1.82) is 0 Å². The standard InChI is InChI=1S/C18H15F3N2O4/c19-18(20,21)12-6-2-4-8-14(12)23-17(27)11-5-1-3-7-13(11)22-15(24)9-10-16(25)26/h1-8H,9-10H2,(H,22,24)(H,23,27)(H,25,26). The van der Waals surface area contributed by atoms with Gasteiger partial charge in [0, 0.05) is 6.42 Å². The number of carboxylic acids is 1. The summed E-state index contributed by atoms with van der Waals surface area (Å²) >= 11 is 0. The lowest BCUT2D eigenvalue weighted by Gasteiger charge is -2.15. The van der Waals surface area contributed by atoms with Crippen LogP contribution in [0.3, 0.4) is 0 Å². The molecule has 2 rings (SSSR count). The topological polar surface area (TPSA) is 95.5 Å². The Hall–Kier alpha value is -3.36. The fourth-order valence-corrected chi connectivity index (χ4v) is 2.25. The van der Waals surface area contributed by atoms with Crippen LogP contribution < -0.4 is 10.6 Å². The predicted molar refractivity (Wildman–Crippen MR) is 91.3 cm³/mol. The summed E-state index contributed by atoms with van der Waals surface area (Å²) in [5, 5.41) is 13.2. The number of carboxylic acid groups (broad SMARTS) is 1. The van der Waals surface area contributed by atoms with E-state index in [1.54, 1.807) is 0 Å². The maximum atomic E-state index is 13.0. The first-order chi connectivity index (χ1) is 12.7. The number of hydrogen-bond acceptors (Lipinski definition) is 3. The Kier molecular flexibility index (Phi) is 6.17. The number of nitrogens with one attached hydrogen (secondary N) is 2. The van der Waals surface area contributed by atoms with E-state index in [9.17, 15) is 27.6 Å². The van der Waals surface area contributed by atoms with Gasteiger partial charge in [0.1, 0.15) is 0 Å². The number of hydrogen-bond donors (Lipinski definition) is 3. The van der Waals surface area contributed by atoms with Crippen LogP contribution in [0.25, 0.3) is 0 Å². The highest BCUT2D eigenvalue weighted by atomic mass is 19.4. The number of alkyl halides is 3. The van der Waals surface area contributed by atoms with E-state index >= 15 is 0 Å². The van der Waals surface area contributed by atoms with E-state index in [1.165, 1.54) is 36.4 Å². The molecule has 9 heteroatoms. The number of anilines is 2. The third kappa shape index (κ3) is 5.56. The monoisotopic (exact) mass is 380 g/mol. The summed E-state index contributed by atoms with van der Waals surface area (Å²) in [6, 6.07) is 10.2.